The van der Waals surface area contributed by atoms with E-state index in [0.717, 1.165) is 0 Å². The van der Waals surface area contributed by atoms with Crippen molar-refractivity contribution in [3.8, 4) is 0 Å². The van der Waals surface area contributed by atoms with Crippen LogP contribution in [0, 0.1) is 0 Å². The maximum atomic E-state index is 11.4. The first kappa shape index (κ1) is 25.7. The Bertz CT molecular complexity index is 299. The lowest BCUT2D eigenvalue weighted by atomic mass is 10.8. The van der Waals surface area contributed by atoms with Gasteiger partial charge in [0.2, 0.25) is 7.44 Å². The van der Waals surface area contributed by atoms with Gasteiger partial charge in [-0.05, 0) is 0 Å². The van der Waals surface area contributed by atoms with Gasteiger partial charge in [-0.3, -0.25) is 19.3 Å². The van der Waals surface area contributed by atoms with E-state index < -0.39 is 15.1 Å². The van der Waals surface area contributed by atoms with Gasteiger partial charge >= 0.3 is 7.67 Å². The predicted molar refractivity (Wildman–Crippen MR) is 98.2 cm³/mol. The molecule has 0 amide bonds. The molecular weight excluding hydrogens is 416 g/mol. The molecule has 0 fully saturated rings. The van der Waals surface area contributed by atoms with Gasteiger partial charge in [0, 0.05) is 56.4 Å². The summed E-state index contributed by atoms with van der Waals surface area (Å²) in [7, 11) is -5.79. The Kier molecular flexibility index (Phi) is 18.6. The van der Waals surface area contributed by atoms with Crippen LogP contribution in [0.2, 0.25) is 0 Å². The first-order valence-electron chi connectivity index (χ1n) is 6.39. The van der Waals surface area contributed by atoms with Crippen LogP contribution in [0.1, 0.15) is 0 Å². The van der Waals surface area contributed by atoms with Crippen LogP contribution < -0.4 is 20.3 Å². The maximum Gasteiger partial charge on any atom is 0.338 e. The van der Waals surface area contributed by atoms with Gasteiger partial charge in [-0.1, -0.05) is 0 Å². The molecule has 0 unspecified atom stereocenters. The number of nitrogens with one attached hydrogen (secondary N) is 4. The maximum absolute atomic E-state index is 11.4. The van der Waals surface area contributed by atoms with E-state index in [-0.39, 0.29) is 0 Å². The normalized spacial score (nSPS) is 11.9. The van der Waals surface area contributed by atoms with Crippen molar-refractivity contribution >= 4 is 61.5 Å². The van der Waals surface area contributed by atoms with Gasteiger partial charge in [-0.2, -0.15) is 0 Å². The third-order valence-corrected chi connectivity index (χ3v) is 5.57. The van der Waals surface area contributed by atoms with Crippen molar-refractivity contribution in [3.05, 3.63) is 0 Å². The highest BCUT2D eigenvalue weighted by Gasteiger charge is 2.14. The average molecular weight is 440 g/mol. The van der Waals surface area contributed by atoms with E-state index in [0.29, 0.717) is 49.7 Å². The Morgan fingerprint density at radius 3 is 1.27 bits per heavy atom. The van der Waals surface area contributed by atoms with Gasteiger partial charge < -0.3 is 4.89 Å². The van der Waals surface area contributed by atoms with Crippen LogP contribution in [0.4, 0.5) is 0 Å². The average Bonchev–Trinajstić information content (AvgIpc) is 2.48. The summed E-state index contributed by atoms with van der Waals surface area (Å²) in [5, 5.41) is 10.3. The first-order valence-corrected chi connectivity index (χ1v) is 12.3. The summed E-state index contributed by atoms with van der Waals surface area (Å²) in [6.07, 6.45) is 0. The number of hydrogen-bond acceptors (Lipinski definition) is 2. The van der Waals surface area contributed by atoms with E-state index in [9.17, 15) is 9.13 Å². The summed E-state index contributed by atoms with van der Waals surface area (Å²) in [6.45, 7) is 3.30. The van der Waals surface area contributed by atoms with Crippen LogP contribution in [0.15, 0.2) is 0 Å². The molecule has 13 heteroatoms. The summed E-state index contributed by atoms with van der Waals surface area (Å²) in [6, 6.07) is 0. The predicted octanol–water partition coefficient (Wildman–Crippen LogP) is 2.21. The molecule has 0 aromatic heterocycles. The van der Waals surface area contributed by atoms with Gasteiger partial charge in [0.05, 0.1) is 0 Å². The van der Waals surface area contributed by atoms with E-state index in [1.54, 1.807) is 6.66 Å². The Morgan fingerprint density at radius 2 is 1.00 bits per heavy atom. The summed E-state index contributed by atoms with van der Waals surface area (Å²) >= 11 is 21.4. The largest absolute Gasteiger partial charge is 0.338 e. The lowest BCUT2D eigenvalue weighted by Crippen LogP contribution is -2.24. The molecule has 0 aliphatic carbocycles. The SMILES string of the molecule is CP(=O)(NCCCl)NCCCl.O=P(O)(NCCCl)NCCCl. The van der Waals surface area contributed by atoms with Gasteiger partial charge in [0.25, 0.3) is 0 Å². The lowest BCUT2D eigenvalue weighted by Gasteiger charge is -2.14. The summed E-state index contributed by atoms with van der Waals surface area (Å²) in [5.74, 6) is 1.51. The number of halogens is 4. The minimum absolute atomic E-state index is 0.296. The van der Waals surface area contributed by atoms with Crippen LogP contribution >= 0.6 is 61.5 Å². The zero-order valence-corrected chi connectivity index (χ0v) is 17.1. The van der Waals surface area contributed by atoms with Crippen molar-refractivity contribution in [1.29, 1.82) is 0 Å². The van der Waals surface area contributed by atoms with E-state index in [1.807, 2.05) is 0 Å². The van der Waals surface area contributed by atoms with Crippen LogP contribution in [0.5, 0.6) is 0 Å². The number of rotatable bonds is 12. The molecular formula is C9H24Cl4N4O3P2. The second kappa shape index (κ2) is 15.9. The molecule has 0 aromatic rings. The highest BCUT2D eigenvalue weighted by molar-refractivity contribution is 7.59. The fraction of sp³-hybridized carbons (Fsp3) is 1.00. The third-order valence-electron chi connectivity index (χ3n) is 1.86. The number of hydrogen-bond donors (Lipinski definition) is 5. The quantitative estimate of drug-likeness (QED) is 0.234. The van der Waals surface area contributed by atoms with Crippen molar-refractivity contribution in [2.75, 3.05) is 56.4 Å². The Labute approximate surface area is 152 Å². The minimum Gasteiger partial charge on any atom is -0.322 e. The topological polar surface area (TPSA) is 102 Å². The van der Waals surface area contributed by atoms with E-state index >= 15 is 0 Å². The second-order valence-electron chi connectivity index (χ2n) is 3.89. The summed E-state index contributed by atoms with van der Waals surface area (Å²) in [5.41, 5.74) is 0. The monoisotopic (exact) mass is 438 g/mol. The second-order valence-corrected chi connectivity index (χ2v) is 9.67. The fourth-order valence-corrected chi connectivity index (χ4v) is 4.05. The van der Waals surface area contributed by atoms with E-state index in [1.165, 1.54) is 0 Å². The molecule has 0 atom stereocenters. The molecule has 0 saturated carbocycles. The molecule has 5 N–H and O–H groups in total. The number of alkyl halides is 4. The molecule has 22 heavy (non-hydrogen) atoms. The Balaban J connectivity index is 0. The summed E-state index contributed by atoms with van der Waals surface area (Å²) < 4.78 is 22.3. The fourth-order valence-electron chi connectivity index (χ4n) is 1.01. The molecule has 136 valence electrons. The van der Waals surface area contributed by atoms with Crippen molar-refractivity contribution in [2.24, 2.45) is 0 Å². The van der Waals surface area contributed by atoms with Crippen LogP contribution in [0.3, 0.4) is 0 Å². The molecule has 0 rings (SSSR count). The van der Waals surface area contributed by atoms with Crippen LogP contribution in [-0.4, -0.2) is 61.3 Å². The van der Waals surface area contributed by atoms with Gasteiger partial charge in [-0.25, -0.2) is 10.2 Å². The first-order chi connectivity index (χ1) is 10.2. The van der Waals surface area contributed by atoms with Crippen molar-refractivity contribution < 1.29 is 14.0 Å². The van der Waals surface area contributed by atoms with Gasteiger partial charge in [0.1, 0.15) is 0 Å². The Morgan fingerprint density at radius 1 is 0.727 bits per heavy atom. The third kappa shape index (κ3) is 19.5. The van der Waals surface area contributed by atoms with Crippen molar-refractivity contribution in [2.45, 2.75) is 0 Å². The molecule has 0 spiro atoms. The van der Waals surface area contributed by atoms with Crippen molar-refractivity contribution in [1.82, 2.24) is 20.3 Å². The van der Waals surface area contributed by atoms with Crippen molar-refractivity contribution in [3.63, 3.8) is 0 Å². The lowest BCUT2D eigenvalue weighted by molar-refractivity contribution is 0.451. The molecule has 0 aliphatic rings. The summed E-state index contributed by atoms with van der Waals surface area (Å²) in [4.78, 5) is 8.99. The zero-order valence-electron chi connectivity index (χ0n) is 12.3. The van der Waals surface area contributed by atoms with Crippen LogP contribution in [-0.2, 0) is 9.13 Å². The highest BCUT2D eigenvalue weighted by Crippen LogP contribution is 2.29. The standard InChI is InChI=1S/C5H13Cl2N2OP.C4H11Cl2N2O2P/c1-11(10,8-4-2-6)9-5-3-7;5-1-3-7-11(9,10)8-4-2-6/h2-5H2,1H3,(H2,8,9,10);1-4H2,(H3,7,8,9,10). The van der Waals surface area contributed by atoms with Gasteiger partial charge in [-0.15, -0.1) is 46.4 Å². The smallest absolute Gasteiger partial charge is 0.322 e. The molecule has 0 heterocycles. The molecule has 0 radical (unpaired) electrons. The zero-order chi connectivity index (χ0) is 17.5. The molecule has 0 saturated heterocycles. The molecule has 0 aromatic carbocycles. The molecule has 0 aliphatic heterocycles. The molecule has 7 nitrogen and oxygen atoms in total. The highest BCUT2D eigenvalue weighted by atomic mass is 35.5. The van der Waals surface area contributed by atoms with E-state index in [4.69, 9.17) is 51.3 Å². The van der Waals surface area contributed by atoms with Gasteiger partial charge in [0.15, 0.2) is 0 Å². The van der Waals surface area contributed by atoms with E-state index in [2.05, 4.69) is 20.3 Å². The molecule has 0 bridgehead atoms. The minimum atomic E-state index is -3.39. The Hall–Kier alpha value is 1.42. The van der Waals surface area contributed by atoms with Crippen LogP contribution in [0.25, 0.3) is 0 Å².